The van der Waals surface area contributed by atoms with Gasteiger partial charge >= 0.3 is 0 Å². The molecule has 0 aliphatic heterocycles. The average molecular weight is 339 g/mol. The maximum absolute atomic E-state index is 3.50. The van der Waals surface area contributed by atoms with E-state index in [9.17, 15) is 0 Å². The van der Waals surface area contributed by atoms with Crippen molar-refractivity contribution in [1.82, 2.24) is 5.32 Å². The molecule has 1 aromatic carbocycles. The Bertz CT molecular complexity index is 507. The van der Waals surface area contributed by atoms with Crippen molar-refractivity contribution in [3.05, 3.63) is 50.6 Å². The van der Waals surface area contributed by atoms with Crippen molar-refractivity contribution >= 4 is 33.0 Å². The van der Waals surface area contributed by atoms with Crippen LogP contribution in [0.1, 0.15) is 18.1 Å². The van der Waals surface area contributed by atoms with Gasteiger partial charge in [-0.1, -0.05) is 19.1 Å². The van der Waals surface area contributed by atoms with Gasteiger partial charge in [0.15, 0.2) is 0 Å². The summed E-state index contributed by atoms with van der Waals surface area (Å²) in [5, 5.41) is 5.53. The van der Waals surface area contributed by atoms with Crippen molar-refractivity contribution in [2.24, 2.45) is 0 Å². The Morgan fingerprint density at radius 3 is 2.53 bits per heavy atom. The van der Waals surface area contributed by atoms with Gasteiger partial charge in [-0.2, -0.15) is 0 Å². The molecule has 1 heterocycles. The molecule has 0 aliphatic carbocycles. The molecule has 102 valence electrons. The summed E-state index contributed by atoms with van der Waals surface area (Å²) in [5.74, 6) is 0. The van der Waals surface area contributed by atoms with Crippen LogP contribution in [0.2, 0.25) is 0 Å². The largest absolute Gasteiger partial charge is 0.370 e. The minimum atomic E-state index is 0.939. The van der Waals surface area contributed by atoms with E-state index in [1.807, 2.05) is 0 Å². The minimum Gasteiger partial charge on any atom is -0.370 e. The molecule has 0 saturated heterocycles. The van der Waals surface area contributed by atoms with Gasteiger partial charge in [-0.05, 0) is 57.2 Å². The normalized spacial score (nSPS) is 10.7. The topological polar surface area (TPSA) is 15.3 Å². The van der Waals surface area contributed by atoms with Crippen molar-refractivity contribution in [2.75, 3.05) is 18.5 Å². The number of nitrogens with zero attached hydrogens (tertiary/aromatic N) is 1. The van der Waals surface area contributed by atoms with E-state index in [-0.39, 0.29) is 0 Å². The first kappa shape index (κ1) is 14.6. The van der Waals surface area contributed by atoms with Gasteiger partial charge in [0, 0.05) is 25.8 Å². The molecule has 0 amide bonds. The fourth-order valence-electron chi connectivity index (χ4n) is 1.93. The molecule has 4 heteroatoms. The summed E-state index contributed by atoms with van der Waals surface area (Å²) in [5.41, 5.74) is 3.93. The van der Waals surface area contributed by atoms with E-state index in [2.05, 4.69) is 75.8 Å². The van der Waals surface area contributed by atoms with E-state index >= 15 is 0 Å². The first-order chi connectivity index (χ1) is 9.19. The van der Waals surface area contributed by atoms with Crippen LogP contribution in [-0.4, -0.2) is 13.6 Å². The molecule has 0 fully saturated rings. The predicted molar refractivity (Wildman–Crippen MR) is 87.9 cm³/mol. The zero-order valence-corrected chi connectivity index (χ0v) is 13.7. The van der Waals surface area contributed by atoms with Crippen LogP contribution in [0, 0.1) is 0 Å². The average Bonchev–Trinajstić information content (AvgIpc) is 2.82. The van der Waals surface area contributed by atoms with Crippen LogP contribution in [0.3, 0.4) is 0 Å². The predicted octanol–water partition coefficient (Wildman–Crippen LogP) is 4.26. The molecule has 0 saturated carbocycles. The fraction of sp³-hybridized carbons (Fsp3) is 0.333. The fourth-order valence-corrected chi connectivity index (χ4v) is 3.13. The molecule has 0 bridgehead atoms. The van der Waals surface area contributed by atoms with E-state index in [0.717, 1.165) is 19.6 Å². The van der Waals surface area contributed by atoms with E-state index in [1.54, 1.807) is 11.3 Å². The molecule has 0 spiro atoms. The van der Waals surface area contributed by atoms with Gasteiger partial charge < -0.3 is 10.2 Å². The standard InChI is InChI=1S/C15H19BrN2S/c1-3-17-9-12-4-6-14(7-5-12)18(2)10-13-8-15(16)19-11-13/h4-8,11,17H,3,9-10H2,1-2H3. The smallest absolute Gasteiger partial charge is 0.0701 e. The molecule has 2 rings (SSSR count). The van der Waals surface area contributed by atoms with Gasteiger partial charge in [0.2, 0.25) is 0 Å². The van der Waals surface area contributed by atoms with Gasteiger partial charge in [0.05, 0.1) is 3.79 Å². The lowest BCUT2D eigenvalue weighted by molar-refractivity contribution is 0.726. The van der Waals surface area contributed by atoms with Gasteiger partial charge in [-0.3, -0.25) is 0 Å². The number of rotatable bonds is 6. The highest BCUT2D eigenvalue weighted by Gasteiger charge is 2.04. The van der Waals surface area contributed by atoms with Crippen LogP contribution in [-0.2, 0) is 13.1 Å². The highest BCUT2D eigenvalue weighted by atomic mass is 79.9. The number of nitrogens with one attached hydrogen (secondary N) is 1. The molecule has 1 aromatic heterocycles. The van der Waals surface area contributed by atoms with E-state index in [0.29, 0.717) is 0 Å². The molecule has 1 N–H and O–H groups in total. The highest BCUT2D eigenvalue weighted by molar-refractivity contribution is 9.11. The Labute approximate surface area is 127 Å². The molecule has 0 unspecified atom stereocenters. The van der Waals surface area contributed by atoms with Gasteiger partial charge in [0.1, 0.15) is 0 Å². The lowest BCUT2D eigenvalue weighted by Crippen LogP contribution is -2.16. The lowest BCUT2D eigenvalue weighted by atomic mass is 10.2. The number of hydrogen-bond acceptors (Lipinski definition) is 3. The van der Waals surface area contributed by atoms with Crippen LogP contribution in [0.15, 0.2) is 39.5 Å². The monoisotopic (exact) mass is 338 g/mol. The summed E-state index contributed by atoms with van der Waals surface area (Å²) in [6, 6.07) is 10.9. The second-order valence-electron chi connectivity index (χ2n) is 4.56. The van der Waals surface area contributed by atoms with Crippen molar-refractivity contribution in [2.45, 2.75) is 20.0 Å². The summed E-state index contributed by atoms with van der Waals surface area (Å²) in [7, 11) is 2.13. The summed E-state index contributed by atoms with van der Waals surface area (Å²) < 4.78 is 1.19. The Hall–Kier alpha value is -0.840. The molecular formula is C15H19BrN2S. The number of thiophene rings is 1. The van der Waals surface area contributed by atoms with Gasteiger partial charge in [-0.15, -0.1) is 11.3 Å². The first-order valence-electron chi connectivity index (χ1n) is 6.42. The SMILES string of the molecule is CCNCc1ccc(N(C)Cc2csc(Br)c2)cc1. The number of hydrogen-bond donors (Lipinski definition) is 1. The number of halogens is 1. The Morgan fingerprint density at radius 2 is 1.95 bits per heavy atom. The Morgan fingerprint density at radius 1 is 1.21 bits per heavy atom. The molecular weight excluding hydrogens is 320 g/mol. The third kappa shape index (κ3) is 4.34. The first-order valence-corrected chi connectivity index (χ1v) is 8.10. The van der Waals surface area contributed by atoms with Crippen molar-refractivity contribution < 1.29 is 0 Å². The van der Waals surface area contributed by atoms with Gasteiger partial charge in [-0.25, -0.2) is 0 Å². The second-order valence-corrected chi connectivity index (χ2v) is 6.85. The molecule has 0 radical (unpaired) electrons. The van der Waals surface area contributed by atoms with Crippen molar-refractivity contribution in [3.8, 4) is 0 Å². The summed E-state index contributed by atoms with van der Waals surface area (Å²) in [4.78, 5) is 2.27. The molecule has 19 heavy (non-hydrogen) atoms. The van der Waals surface area contributed by atoms with Crippen LogP contribution in [0.5, 0.6) is 0 Å². The van der Waals surface area contributed by atoms with E-state index in [1.165, 1.54) is 20.6 Å². The van der Waals surface area contributed by atoms with Crippen LogP contribution in [0.4, 0.5) is 5.69 Å². The number of anilines is 1. The maximum Gasteiger partial charge on any atom is 0.0701 e. The lowest BCUT2D eigenvalue weighted by Gasteiger charge is -2.19. The zero-order chi connectivity index (χ0) is 13.7. The molecule has 2 nitrogen and oxygen atoms in total. The van der Waals surface area contributed by atoms with Crippen LogP contribution >= 0.6 is 27.3 Å². The molecule has 2 aromatic rings. The van der Waals surface area contributed by atoms with Crippen molar-refractivity contribution in [3.63, 3.8) is 0 Å². The van der Waals surface area contributed by atoms with Gasteiger partial charge in [0.25, 0.3) is 0 Å². The second kappa shape index (κ2) is 7.08. The third-order valence-electron chi connectivity index (χ3n) is 3.00. The molecule has 0 atom stereocenters. The summed E-state index contributed by atoms with van der Waals surface area (Å²) in [6.07, 6.45) is 0. The summed E-state index contributed by atoms with van der Waals surface area (Å²) >= 11 is 5.24. The quantitative estimate of drug-likeness (QED) is 0.846. The van der Waals surface area contributed by atoms with Crippen LogP contribution < -0.4 is 10.2 Å². The minimum absolute atomic E-state index is 0.939. The van der Waals surface area contributed by atoms with E-state index < -0.39 is 0 Å². The van der Waals surface area contributed by atoms with Crippen molar-refractivity contribution in [1.29, 1.82) is 0 Å². The Kier molecular flexibility index (Phi) is 5.43. The Balaban J connectivity index is 1.97. The van der Waals surface area contributed by atoms with Crippen LogP contribution in [0.25, 0.3) is 0 Å². The number of benzene rings is 1. The summed E-state index contributed by atoms with van der Waals surface area (Å²) in [6.45, 7) is 5.02. The van der Waals surface area contributed by atoms with E-state index in [4.69, 9.17) is 0 Å². The highest BCUT2D eigenvalue weighted by Crippen LogP contribution is 2.23. The third-order valence-corrected chi connectivity index (χ3v) is 4.55. The maximum atomic E-state index is 3.50. The zero-order valence-electron chi connectivity index (χ0n) is 11.3. The molecule has 0 aliphatic rings.